The standard InChI is InChI=1S/C50H32N2O2.C34H36N2/c1-5-13-47-43(9-1)51(44-10-2-6-14-48(44)53-47)41-25-21-33(22-26-41)35-17-19-37-32-40-30-36(18-20-38(40)31-39(37)29-35)34-23-27-42(28-24-34)52-45-11-3-7-15-49(45)54-50-16-8-4-12-46(50)52;1-5-35(6-2)33-17-13-25(14-18-33)27-9-11-29-24-32-22-28(10-12-30(32)23-31(29)21-27)26-15-19-34(20-16-26)36(7-3)8-4/h1-32H;9-24H,5-8H2,1-4H3. The molecule has 436 valence electrons. The van der Waals surface area contributed by atoms with Crippen LogP contribution in [-0.4, -0.2) is 26.2 Å². The lowest BCUT2D eigenvalue weighted by Gasteiger charge is -2.32. The van der Waals surface area contributed by atoms with Crippen molar-refractivity contribution in [2.75, 3.05) is 45.8 Å². The molecule has 90 heavy (non-hydrogen) atoms. The normalized spacial score (nSPS) is 12.1. The second-order valence-electron chi connectivity index (χ2n) is 23.2. The average Bonchev–Trinajstić information content (AvgIpc) is 3.92. The second-order valence-corrected chi connectivity index (χ2v) is 23.2. The van der Waals surface area contributed by atoms with Crippen LogP contribution in [0.5, 0.6) is 23.0 Å². The lowest BCUT2D eigenvalue weighted by atomic mass is 9.96. The number of nitrogens with zero attached hydrogens (tertiary/aromatic N) is 4. The molecule has 0 unspecified atom stereocenters. The van der Waals surface area contributed by atoms with E-state index in [1.165, 1.54) is 99.0 Å². The minimum Gasteiger partial charge on any atom is -0.453 e. The Hall–Kier alpha value is -11.1. The van der Waals surface area contributed by atoms with E-state index in [2.05, 4.69) is 290 Å². The summed E-state index contributed by atoms with van der Waals surface area (Å²) in [6.45, 7) is 12.9. The highest BCUT2D eigenvalue weighted by molar-refractivity contribution is 6.03. The van der Waals surface area contributed by atoms with Crippen molar-refractivity contribution < 1.29 is 9.47 Å². The van der Waals surface area contributed by atoms with E-state index >= 15 is 0 Å². The fraction of sp³-hybridized carbons (Fsp3) is 0.0952. The summed E-state index contributed by atoms with van der Waals surface area (Å²) >= 11 is 0. The molecule has 2 aliphatic heterocycles. The van der Waals surface area contributed by atoms with E-state index < -0.39 is 0 Å². The van der Waals surface area contributed by atoms with Crippen molar-refractivity contribution in [3.8, 4) is 67.5 Å². The van der Waals surface area contributed by atoms with Gasteiger partial charge in [0.25, 0.3) is 0 Å². The van der Waals surface area contributed by atoms with Crippen LogP contribution >= 0.6 is 0 Å². The zero-order valence-corrected chi connectivity index (χ0v) is 51.1. The summed E-state index contributed by atoms with van der Waals surface area (Å²) in [4.78, 5) is 9.30. The molecule has 0 bridgehead atoms. The smallest absolute Gasteiger partial charge is 0.151 e. The number of rotatable bonds is 12. The molecule has 0 spiro atoms. The number of ether oxygens (including phenoxy) is 2. The third-order valence-corrected chi connectivity index (χ3v) is 18.0. The van der Waals surface area contributed by atoms with Crippen LogP contribution in [-0.2, 0) is 0 Å². The largest absolute Gasteiger partial charge is 0.453 e. The summed E-state index contributed by atoms with van der Waals surface area (Å²) in [5.41, 5.74) is 18.7. The fourth-order valence-corrected chi connectivity index (χ4v) is 13.2. The quantitative estimate of drug-likeness (QED) is 0.113. The average molecular weight is 1170 g/mol. The Morgan fingerprint density at radius 3 is 0.722 bits per heavy atom. The lowest BCUT2D eigenvalue weighted by molar-refractivity contribution is 0.477. The molecule has 0 aromatic heterocycles. The van der Waals surface area contributed by atoms with Crippen LogP contribution in [0.15, 0.2) is 291 Å². The number of benzene rings is 14. The first-order valence-corrected chi connectivity index (χ1v) is 31.6. The van der Waals surface area contributed by atoms with Gasteiger partial charge in [-0.1, -0.05) is 146 Å². The Kier molecular flexibility index (Phi) is 14.7. The van der Waals surface area contributed by atoms with Crippen LogP contribution < -0.4 is 29.1 Å². The molecule has 0 N–H and O–H groups in total. The first-order chi connectivity index (χ1) is 44.4. The van der Waals surface area contributed by atoms with Crippen LogP contribution in [0.1, 0.15) is 27.7 Å². The predicted molar refractivity (Wildman–Crippen MR) is 381 cm³/mol. The third kappa shape index (κ3) is 10.6. The van der Waals surface area contributed by atoms with Crippen LogP contribution in [0.4, 0.5) is 45.5 Å². The van der Waals surface area contributed by atoms with Crippen LogP contribution in [0, 0.1) is 0 Å². The number of fused-ring (bicyclic) bond motifs is 8. The van der Waals surface area contributed by atoms with Crippen molar-refractivity contribution in [3.63, 3.8) is 0 Å². The summed E-state index contributed by atoms with van der Waals surface area (Å²) in [6.07, 6.45) is 0. The molecule has 0 fully saturated rings. The van der Waals surface area contributed by atoms with Gasteiger partial charge in [0.2, 0.25) is 0 Å². The molecule has 0 atom stereocenters. The highest BCUT2D eigenvalue weighted by Crippen LogP contribution is 2.52. The van der Waals surface area contributed by atoms with Gasteiger partial charge in [0.05, 0.1) is 22.7 Å². The van der Waals surface area contributed by atoms with Gasteiger partial charge in [0, 0.05) is 48.9 Å². The Morgan fingerprint density at radius 1 is 0.233 bits per heavy atom. The van der Waals surface area contributed by atoms with Gasteiger partial charge in [-0.3, -0.25) is 0 Å². The van der Waals surface area contributed by atoms with Gasteiger partial charge in [-0.25, -0.2) is 0 Å². The monoisotopic (exact) mass is 1160 g/mol. The minimum absolute atomic E-state index is 0.855. The molecule has 14 aromatic rings. The van der Waals surface area contributed by atoms with Gasteiger partial charge in [-0.2, -0.15) is 0 Å². The van der Waals surface area contributed by atoms with Crippen molar-refractivity contribution in [2.24, 2.45) is 0 Å². The zero-order valence-electron chi connectivity index (χ0n) is 51.1. The Morgan fingerprint density at radius 2 is 0.467 bits per heavy atom. The SMILES string of the molecule is CCN(CC)c1ccc(-c2ccc3cc4cc(-c5ccc(N(CC)CC)cc5)ccc4cc3c2)cc1.c1ccc2c(c1)Oc1ccccc1N2c1ccc(-c2ccc3cc4cc(-c5ccc(N6c7ccccc7Oc7ccccc76)cc5)ccc4cc3c2)cc1. The van der Waals surface area contributed by atoms with Crippen molar-refractivity contribution in [3.05, 3.63) is 291 Å². The molecular formula is C84H68N4O2. The van der Waals surface area contributed by atoms with Crippen LogP contribution in [0.25, 0.3) is 87.6 Å². The summed E-state index contributed by atoms with van der Waals surface area (Å²) in [5.74, 6) is 3.42. The minimum atomic E-state index is 0.855. The maximum atomic E-state index is 6.22. The Balaban J connectivity index is 0.000000164. The topological polar surface area (TPSA) is 31.4 Å². The number of hydrogen-bond donors (Lipinski definition) is 0. The fourth-order valence-electron chi connectivity index (χ4n) is 13.2. The zero-order chi connectivity index (χ0) is 60.7. The molecule has 0 saturated carbocycles. The lowest BCUT2D eigenvalue weighted by Crippen LogP contribution is -2.21. The summed E-state index contributed by atoms with van der Waals surface area (Å²) < 4.78 is 12.4. The molecule has 0 aliphatic carbocycles. The second kappa shape index (κ2) is 23.9. The molecule has 14 aromatic carbocycles. The number of hydrogen-bond acceptors (Lipinski definition) is 6. The van der Waals surface area contributed by atoms with Crippen molar-refractivity contribution in [2.45, 2.75) is 27.7 Å². The number of para-hydroxylation sites is 8. The highest BCUT2D eigenvalue weighted by atomic mass is 16.5. The molecular weight excluding hydrogens is 1100 g/mol. The van der Waals surface area contributed by atoms with Gasteiger partial charge >= 0.3 is 0 Å². The molecule has 6 heteroatoms. The number of anilines is 8. The van der Waals surface area contributed by atoms with E-state index in [4.69, 9.17) is 9.47 Å². The van der Waals surface area contributed by atoms with E-state index in [0.29, 0.717) is 0 Å². The van der Waals surface area contributed by atoms with Crippen LogP contribution in [0.3, 0.4) is 0 Å². The molecule has 0 radical (unpaired) electrons. The summed E-state index contributed by atoms with van der Waals surface area (Å²) in [5, 5.41) is 10.0. The summed E-state index contributed by atoms with van der Waals surface area (Å²) in [7, 11) is 0. The molecule has 2 aliphatic rings. The van der Waals surface area contributed by atoms with E-state index in [0.717, 1.165) is 83.3 Å². The van der Waals surface area contributed by atoms with E-state index in [1.54, 1.807) is 0 Å². The third-order valence-electron chi connectivity index (χ3n) is 18.0. The van der Waals surface area contributed by atoms with Crippen LogP contribution in [0.2, 0.25) is 0 Å². The van der Waals surface area contributed by atoms with Gasteiger partial charge in [0.15, 0.2) is 23.0 Å². The van der Waals surface area contributed by atoms with Gasteiger partial charge < -0.3 is 29.1 Å². The van der Waals surface area contributed by atoms with E-state index in [9.17, 15) is 0 Å². The maximum Gasteiger partial charge on any atom is 0.151 e. The Labute approximate surface area is 527 Å². The highest BCUT2D eigenvalue weighted by Gasteiger charge is 2.27. The Bertz CT molecular complexity index is 4550. The first kappa shape index (κ1) is 55.5. The van der Waals surface area contributed by atoms with Crippen molar-refractivity contribution >= 4 is 88.6 Å². The van der Waals surface area contributed by atoms with Gasteiger partial charge in [-0.05, 0) is 261 Å². The predicted octanol–water partition coefficient (Wildman–Crippen LogP) is 23.5. The van der Waals surface area contributed by atoms with Crippen molar-refractivity contribution in [1.29, 1.82) is 0 Å². The molecule has 2 heterocycles. The molecule has 6 nitrogen and oxygen atoms in total. The molecule has 0 amide bonds. The van der Waals surface area contributed by atoms with E-state index in [1.807, 2.05) is 48.5 Å². The van der Waals surface area contributed by atoms with Gasteiger partial charge in [-0.15, -0.1) is 0 Å². The first-order valence-electron chi connectivity index (χ1n) is 31.6. The molecule has 16 rings (SSSR count). The van der Waals surface area contributed by atoms with Gasteiger partial charge in [0.1, 0.15) is 0 Å². The van der Waals surface area contributed by atoms with E-state index in [-0.39, 0.29) is 0 Å². The maximum absolute atomic E-state index is 6.22. The summed E-state index contributed by atoms with van der Waals surface area (Å²) in [6, 6.07) is 105. The van der Waals surface area contributed by atoms with Crippen molar-refractivity contribution in [1.82, 2.24) is 0 Å². The molecule has 0 saturated heterocycles.